The summed E-state index contributed by atoms with van der Waals surface area (Å²) < 4.78 is 65.1. The molecule has 0 unspecified atom stereocenters. The van der Waals surface area contributed by atoms with Crippen molar-refractivity contribution in [2.45, 2.75) is 32.0 Å². The van der Waals surface area contributed by atoms with Gasteiger partial charge in [-0.3, -0.25) is 9.59 Å². The molecule has 0 atom stereocenters. The van der Waals surface area contributed by atoms with Crippen LogP contribution in [0.5, 0.6) is 0 Å². The number of halogens is 3. The van der Waals surface area contributed by atoms with Crippen LogP contribution in [0.2, 0.25) is 0 Å². The van der Waals surface area contributed by atoms with E-state index >= 15 is 0 Å². The Bertz CT molecular complexity index is 1190. The van der Waals surface area contributed by atoms with Crippen molar-refractivity contribution in [3.63, 3.8) is 0 Å². The Labute approximate surface area is 183 Å². The molecule has 8 nitrogen and oxygen atoms in total. The molecule has 2 aromatic rings. The number of aryl methyl sites for hydroxylation is 1. The van der Waals surface area contributed by atoms with E-state index in [4.69, 9.17) is 0 Å². The van der Waals surface area contributed by atoms with E-state index in [1.807, 2.05) is 0 Å². The Hall–Kier alpha value is -2.73. The number of carbonyl (C=O) groups is 1. The molecular formula is C20H23F3N4O4S. The van der Waals surface area contributed by atoms with Crippen LogP contribution in [0.25, 0.3) is 5.69 Å². The fourth-order valence-corrected chi connectivity index (χ4v) is 4.38. The van der Waals surface area contributed by atoms with Gasteiger partial charge in [-0.1, -0.05) is 6.07 Å². The Morgan fingerprint density at radius 2 is 1.81 bits per heavy atom. The molecule has 1 aromatic carbocycles. The highest BCUT2D eigenvalue weighted by molar-refractivity contribution is 7.88. The topological polar surface area (TPSA) is 92.6 Å². The van der Waals surface area contributed by atoms with Gasteiger partial charge in [0.1, 0.15) is 0 Å². The van der Waals surface area contributed by atoms with Crippen LogP contribution in [0.3, 0.4) is 0 Å². The molecule has 0 spiro atoms. The zero-order chi connectivity index (χ0) is 23.8. The average molecular weight is 472 g/mol. The lowest BCUT2D eigenvalue weighted by Gasteiger charge is -2.35. The molecular weight excluding hydrogens is 449 g/mol. The van der Waals surface area contributed by atoms with Crippen LogP contribution in [-0.2, 0) is 16.2 Å². The van der Waals surface area contributed by atoms with Gasteiger partial charge in [-0.05, 0) is 38.0 Å². The highest BCUT2D eigenvalue weighted by Gasteiger charge is 2.32. The van der Waals surface area contributed by atoms with Gasteiger partial charge in [0.2, 0.25) is 15.5 Å². The summed E-state index contributed by atoms with van der Waals surface area (Å²) >= 11 is 0. The summed E-state index contributed by atoms with van der Waals surface area (Å²) in [5.74, 6) is -0.642. The largest absolute Gasteiger partial charge is 0.416 e. The molecule has 1 fully saturated rings. The van der Waals surface area contributed by atoms with Gasteiger partial charge in [-0.25, -0.2) is 17.4 Å². The van der Waals surface area contributed by atoms with Crippen LogP contribution < -0.4 is 5.43 Å². The summed E-state index contributed by atoms with van der Waals surface area (Å²) in [6, 6.07) is 5.34. The number of benzene rings is 1. The van der Waals surface area contributed by atoms with Crippen LogP contribution >= 0.6 is 0 Å². The zero-order valence-corrected chi connectivity index (χ0v) is 18.6. The van der Waals surface area contributed by atoms with Gasteiger partial charge >= 0.3 is 6.18 Å². The van der Waals surface area contributed by atoms with Crippen LogP contribution in [0.1, 0.15) is 34.6 Å². The molecule has 12 heteroatoms. The quantitative estimate of drug-likeness (QED) is 0.679. The molecule has 1 aliphatic rings. The first kappa shape index (κ1) is 23.9. The predicted octanol–water partition coefficient (Wildman–Crippen LogP) is 2.06. The average Bonchev–Trinajstić information content (AvgIpc) is 2.72. The van der Waals surface area contributed by atoms with E-state index in [-0.39, 0.29) is 30.5 Å². The fraction of sp³-hybridized carbons (Fsp3) is 0.450. The summed E-state index contributed by atoms with van der Waals surface area (Å²) in [6.45, 7) is 1.96. The number of alkyl halides is 3. The second-order valence-electron chi connectivity index (χ2n) is 7.76. The number of carbonyl (C=O) groups excluding carboxylic acids is 1. The van der Waals surface area contributed by atoms with Crippen molar-refractivity contribution in [1.82, 2.24) is 19.0 Å². The van der Waals surface area contributed by atoms with Crippen molar-refractivity contribution in [3.8, 4) is 5.69 Å². The number of aromatic nitrogens is 2. The van der Waals surface area contributed by atoms with E-state index in [9.17, 15) is 31.2 Å². The normalized spacial score (nSPS) is 15.9. The van der Waals surface area contributed by atoms with Gasteiger partial charge in [-0.2, -0.15) is 18.3 Å². The molecule has 0 aliphatic carbocycles. The molecule has 174 valence electrons. The summed E-state index contributed by atoms with van der Waals surface area (Å²) in [7, 11) is -1.89. The van der Waals surface area contributed by atoms with E-state index in [2.05, 4.69) is 5.10 Å². The van der Waals surface area contributed by atoms with Gasteiger partial charge < -0.3 is 4.90 Å². The summed E-state index contributed by atoms with van der Waals surface area (Å²) in [4.78, 5) is 26.8. The van der Waals surface area contributed by atoms with Crippen LogP contribution in [0, 0.1) is 6.92 Å². The molecule has 3 rings (SSSR count). The van der Waals surface area contributed by atoms with Crippen molar-refractivity contribution in [3.05, 3.63) is 57.5 Å². The molecule has 0 N–H and O–H groups in total. The SMILES string of the molecule is Cc1cc(=O)c(C(=O)N2CCC(N(C)S(C)(=O)=O)CC2)nn1-c1cccc(C(F)(F)F)c1. The highest BCUT2D eigenvalue weighted by Crippen LogP contribution is 2.30. The first-order valence-corrected chi connectivity index (χ1v) is 11.6. The number of nitrogens with zero attached hydrogens (tertiary/aromatic N) is 4. The number of rotatable bonds is 4. The molecule has 1 aromatic heterocycles. The van der Waals surface area contributed by atoms with E-state index in [0.717, 1.165) is 29.1 Å². The van der Waals surface area contributed by atoms with E-state index in [1.54, 1.807) is 0 Å². The standard InChI is InChI=1S/C20H23F3N4O4S/c1-13-11-17(28)18(24-27(13)16-6-4-5-14(12-16)20(21,22)23)19(29)26-9-7-15(8-10-26)25(2)32(3,30)31/h4-6,11-12,15H,7-10H2,1-3H3. The first-order valence-electron chi connectivity index (χ1n) is 9.80. The minimum atomic E-state index is -4.55. The lowest BCUT2D eigenvalue weighted by atomic mass is 10.0. The molecule has 1 amide bonds. The van der Waals surface area contributed by atoms with Crippen LogP contribution in [0.15, 0.2) is 35.1 Å². The van der Waals surface area contributed by atoms with Crippen LogP contribution in [-0.4, -0.2) is 65.7 Å². The number of hydrogen-bond acceptors (Lipinski definition) is 5. The lowest BCUT2D eigenvalue weighted by molar-refractivity contribution is -0.137. The lowest BCUT2D eigenvalue weighted by Crippen LogP contribution is -2.48. The monoisotopic (exact) mass is 472 g/mol. The summed E-state index contributed by atoms with van der Waals surface area (Å²) in [5, 5.41) is 4.07. The molecule has 2 heterocycles. The highest BCUT2D eigenvalue weighted by atomic mass is 32.2. The second kappa shape index (κ2) is 8.66. The van der Waals surface area contributed by atoms with Crippen molar-refractivity contribution >= 4 is 15.9 Å². The third-order valence-electron chi connectivity index (χ3n) is 5.52. The minimum Gasteiger partial charge on any atom is -0.337 e. The van der Waals surface area contributed by atoms with Crippen molar-refractivity contribution in [2.75, 3.05) is 26.4 Å². The number of amides is 1. The van der Waals surface area contributed by atoms with Gasteiger partial charge in [0, 0.05) is 37.9 Å². The summed E-state index contributed by atoms with van der Waals surface area (Å²) in [5.41, 5.74) is -1.56. The Balaban J connectivity index is 1.87. The third kappa shape index (κ3) is 5.01. The molecule has 0 bridgehead atoms. The molecule has 32 heavy (non-hydrogen) atoms. The first-order chi connectivity index (χ1) is 14.8. The van der Waals surface area contributed by atoms with Gasteiger partial charge in [0.05, 0.1) is 17.5 Å². The minimum absolute atomic E-state index is 0.0693. The second-order valence-corrected chi connectivity index (χ2v) is 9.80. The van der Waals surface area contributed by atoms with Gasteiger partial charge in [0.25, 0.3) is 5.91 Å². The number of hydrogen-bond donors (Lipinski definition) is 0. The molecule has 1 saturated heterocycles. The zero-order valence-electron chi connectivity index (χ0n) is 17.8. The van der Waals surface area contributed by atoms with Gasteiger partial charge in [-0.15, -0.1) is 0 Å². The smallest absolute Gasteiger partial charge is 0.337 e. The number of sulfonamides is 1. The van der Waals surface area contributed by atoms with Crippen molar-refractivity contribution < 1.29 is 26.4 Å². The summed E-state index contributed by atoms with van der Waals surface area (Å²) in [6.07, 6.45) is -2.66. The van der Waals surface area contributed by atoms with Crippen LogP contribution in [0.4, 0.5) is 13.2 Å². The fourth-order valence-electron chi connectivity index (χ4n) is 3.62. The Kier molecular flexibility index (Phi) is 6.47. The van der Waals surface area contributed by atoms with Gasteiger partial charge in [0.15, 0.2) is 5.69 Å². The molecule has 1 aliphatic heterocycles. The third-order valence-corrected chi connectivity index (χ3v) is 6.86. The maximum atomic E-state index is 13.1. The number of likely N-dealkylation sites (tertiary alicyclic amines) is 1. The number of piperidine rings is 1. The van der Waals surface area contributed by atoms with Crippen molar-refractivity contribution in [2.24, 2.45) is 0 Å². The molecule has 0 saturated carbocycles. The van der Waals surface area contributed by atoms with E-state index < -0.39 is 38.8 Å². The Morgan fingerprint density at radius 3 is 2.38 bits per heavy atom. The van der Waals surface area contributed by atoms with Crippen molar-refractivity contribution in [1.29, 1.82) is 0 Å². The predicted molar refractivity (Wildman–Crippen MR) is 111 cm³/mol. The van der Waals surface area contributed by atoms with E-state index in [1.165, 1.54) is 35.3 Å². The van der Waals surface area contributed by atoms with E-state index in [0.29, 0.717) is 12.8 Å². The Morgan fingerprint density at radius 1 is 1.19 bits per heavy atom. The maximum absolute atomic E-state index is 13.1. The molecule has 0 radical (unpaired) electrons. The maximum Gasteiger partial charge on any atom is 0.416 e.